The van der Waals surface area contributed by atoms with E-state index >= 15 is 0 Å². The quantitative estimate of drug-likeness (QED) is 0.583. The third-order valence-corrected chi connectivity index (χ3v) is 3.73. The molecule has 0 aliphatic carbocycles. The zero-order valence-electron chi connectivity index (χ0n) is 12.7. The number of aromatic nitrogens is 6. The molecule has 0 aliphatic rings. The molecule has 3 heterocycles. The number of hydrogen-bond acceptors (Lipinski definition) is 6. The van der Waals surface area contributed by atoms with E-state index in [4.69, 9.17) is 5.41 Å². The molecule has 1 aromatic carbocycles. The van der Waals surface area contributed by atoms with Crippen LogP contribution in [0.3, 0.4) is 0 Å². The van der Waals surface area contributed by atoms with Crippen molar-refractivity contribution in [2.75, 3.05) is 0 Å². The third-order valence-electron chi connectivity index (χ3n) is 3.73. The number of benzene rings is 1. The van der Waals surface area contributed by atoms with Crippen molar-refractivity contribution in [1.82, 2.24) is 29.8 Å². The van der Waals surface area contributed by atoms with Crippen molar-refractivity contribution in [1.29, 1.82) is 5.41 Å². The first-order chi connectivity index (χ1) is 11.8. The molecular weight excluding hydrogens is 302 g/mol. The maximum Gasteiger partial charge on any atom is 0.271 e. The number of rotatable bonds is 4. The molecule has 116 valence electrons. The molecule has 0 aliphatic heterocycles. The van der Waals surface area contributed by atoms with E-state index in [1.807, 2.05) is 18.2 Å². The molecular formula is C17H13N7. The second-order valence-corrected chi connectivity index (χ2v) is 5.33. The van der Waals surface area contributed by atoms with Crippen LogP contribution in [0.5, 0.6) is 0 Å². The predicted molar refractivity (Wildman–Crippen MR) is 91.1 cm³/mol. The maximum atomic E-state index is 7.30. The van der Waals surface area contributed by atoms with Gasteiger partial charge in [0.2, 0.25) is 0 Å². The summed E-state index contributed by atoms with van der Waals surface area (Å²) in [6.07, 6.45) is 6.79. The highest BCUT2D eigenvalue weighted by atomic mass is 15.4. The summed E-state index contributed by atoms with van der Waals surface area (Å²) in [6.45, 7) is 3.78. The summed E-state index contributed by atoms with van der Waals surface area (Å²) in [4.78, 5) is 8.55. The first kappa shape index (κ1) is 14.1. The highest BCUT2D eigenvalue weighted by Gasteiger charge is 2.10. The fraction of sp³-hybridized carbons (Fsp3) is 0.0588. The topological polar surface area (TPSA) is 92.7 Å². The zero-order valence-corrected chi connectivity index (χ0v) is 12.7. The number of hydrogen-bond donors (Lipinski definition) is 1. The molecule has 3 aromatic heterocycles. The van der Waals surface area contributed by atoms with Crippen molar-refractivity contribution >= 4 is 29.0 Å². The first-order valence-electron chi connectivity index (χ1n) is 7.36. The van der Waals surface area contributed by atoms with Gasteiger partial charge in [0.1, 0.15) is 5.69 Å². The summed E-state index contributed by atoms with van der Waals surface area (Å²) in [6, 6.07) is 8.12. The van der Waals surface area contributed by atoms with Gasteiger partial charge in [-0.3, -0.25) is 4.98 Å². The monoisotopic (exact) mass is 315 g/mol. The molecule has 4 rings (SSSR count). The zero-order chi connectivity index (χ0) is 16.5. The molecule has 24 heavy (non-hydrogen) atoms. The van der Waals surface area contributed by atoms with Gasteiger partial charge in [0.15, 0.2) is 5.82 Å². The van der Waals surface area contributed by atoms with Crippen molar-refractivity contribution in [3.8, 4) is 0 Å². The van der Waals surface area contributed by atoms with Gasteiger partial charge in [0.05, 0.1) is 11.7 Å². The van der Waals surface area contributed by atoms with Crippen LogP contribution in [0.25, 0.3) is 22.8 Å². The average molecular weight is 315 g/mol. The van der Waals surface area contributed by atoms with Crippen LogP contribution < -0.4 is 0 Å². The third kappa shape index (κ3) is 2.41. The van der Waals surface area contributed by atoms with Crippen LogP contribution in [-0.4, -0.2) is 36.0 Å². The Morgan fingerprint density at radius 3 is 2.88 bits per heavy atom. The summed E-state index contributed by atoms with van der Waals surface area (Å²) in [7, 11) is 0. The van der Waals surface area contributed by atoms with E-state index in [1.54, 1.807) is 16.8 Å². The lowest BCUT2D eigenvalue weighted by atomic mass is 10.1. The van der Waals surface area contributed by atoms with Crippen LogP contribution >= 0.6 is 0 Å². The van der Waals surface area contributed by atoms with Crippen LogP contribution in [0, 0.1) is 5.41 Å². The van der Waals surface area contributed by atoms with Gasteiger partial charge in [-0.05, 0) is 29.3 Å². The number of fused-ring (bicyclic) bond motifs is 2. The summed E-state index contributed by atoms with van der Waals surface area (Å²) in [5.74, 6) is 1.10. The molecule has 1 N–H and O–H groups in total. The summed E-state index contributed by atoms with van der Waals surface area (Å²) >= 11 is 0. The Balaban J connectivity index is 1.75. The lowest BCUT2D eigenvalue weighted by Gasteiger charge is -2.04. The lowest BCUT2D eigenvalue weighted by Crippen LogP contribution is -2.04. The molecule has 0 saturated heterocycles. The molecule has 7 heteroatoms. The van der Waals surface area contributed by atoms with Gasteiger partial charge in [-0.25, -0.2) is 4.98 Å². The standard InChI is InChI=1S/C17H13N7/c1-2-11-5-13-6-12(3-4-15(13)19-9-11)7-16-21-22-17-20-10-14(8-18)23-24(16)17/h2-6,8-10,18H,1,7H2. The minimum Gasteiger partial charge on any atom is -0.306 e. The first-order valence-corrected chi connectivity index (χ1v) is 7.36. The fourth-order valence-electron chi connectivity index (χ4n) is 2.53. The van der Waals surface area contributed by atoms with Crippen molar-refractivity contribution in [3.63, 3.8) is 0 Å². The second kappa shape index (κ2) is 5.62. The molecule has 0 saturated carbocycles. The van der Waals surface area contributed by atoms with Gasteiger partial charge in [0.25, 0.3) is 5.78 Å². The largest absolute Gasteiger partial charge is 0.306 e. The number of nitrogens with one attached hydrogen (secondary N) is 1. The van der Waals surface area contributed by atoms with E-state index < -0.39 is 0 Å². The summed E-state index contributed by atoms with van der Waals surface area (Å²) in [5, 5.41) is 20.8. The molecule has 0 fully saturated rings. The normalized spacial score (nSPS) is 11.0. The average Bonchev–Trinajstić information content (AvgIpc) is 3.03. The van der Waals surface area contributed by atoms with Crippen LogP contribution in [0.1, 0.15) is 22.6 Å². The minimum atomic E-state index is 0.423. The van der Waals surface area contributed by atoms with E-state index in [9.17, 15) is 0 Å². The highest BCUT2D eigenvalue weighted by molar-refractivity contribution is 5.81. The summed E-state index contributed by atoms with van der Waals surface area (Å²) in [5.41, 5.74) is 3.44. The molecule has 0 atom stereocenters. The Morgan fingerprint density at radius 2 is 2.04 bits per heavy atom. The van der Waals surface area contributed by atoms with Crippen LogP contribution in [0.15, 0.2) is 43.2 Å². The van der Waals surface area contributed by atoms with Crippen molar-refractivity contribution in [3.05, 3.63) is 65.9 Å². The van der Waals surface area contributed by atoms with Gasteiger partial charge in [-0.2, -0.15) is 9.61 Å². The molecule has 0 radical (unpaired) electrons. The van der Waals surface area contributed by atoms with Gasteiger partial charge >= 0.3 is 0 Å². The second-order valence-electron chi connectivity index (χ2n) is 5.33. The van der Waals surface area contributed by atoms with Crippen LogP contribution in [0.2, 0.25) is 0 Å². The van der Waals surface area contributed by atoms with E-state index in [0.717, 1.165) is 28.2 Å². The van der Waals surface area contributed by atoms with E-state index in [1.165, 1.54) is 6.20 Å². The predicted octanol–water partition coefficient (Wildman–Crippen LogP) is 2.30. The Hall–Kier alpha value is -3.48. The Morgan fingerprint density at radius 1 is 1.12 bits per heavy atom. The van der Waals surface area contributed by atoms with E-state index in [-0.39, 0.29) is 0 Å². The molecule has 0 spiro atoms. The number of pyridine rings is 1. The van der Waals surface area contributed by atoms with Gasteiger partial charge in [-0.15, -0.1) is 10.2 Å². The van der Waals surface area contributed by atoms with E-state index in [0.29, 0.717) is 23.7 Å². The Bertz CT molecular complexity index is 1080. The Labute approximate surface area is 137 Å². The van der Waals surface area contributed by atoms with Crippen LogP contribution in [-0.2, 0) is 6.42 Å². The smallest absolute Gasteiger partial charge is 0.271 e. The fourth-order valence-corrected chi connectivity index (χ4v) is 2.53. The lowest BCUT2D eigenvalue weighted by molar-refractivity contribution is 0.821. The van der Waals surface area contributed by atoms with Crippen molar-refractivity contribution in [2.24, 2.45) is 0 Å². The van der Waals surface area contributed by atoms with E-state index in [2.05, 4.69) is 37.9 Å². The minimum absolute atomic E-state index is 0.423. The molecule has 0 amide bonds. The van der Waals surface area contributed by atoms with Gasteiger partial charge in [0, 0.05) is 24.2 Å². The van der Waals surface area contributed by atoms with Gasteiger partial charge in [-0.1, -0.05) is 18.7 Å². The SMILES string of the molecule is C=Cc1cnc2ccc(Cc3nnc4ncc(C=N)nn34)cc2c1. The number of nitrogens with zero attached hydrogens (tertiary/aromatic N) is 6. The Kier molecular flexibility index (Phi) is 3.31. The van der Waals surface area contributed by atoms with Gasteiger partial charge < -0.3 is 5.41 Å². The highest BCUT2D eigenvalue weighted by Crippen LogP contribution is 2.18. The molecule has 4 aromatic rings. The van der Waals surface area contributed by atoms with Crippen molar-refractivity contribution in [2.45, 2.75) is 6.42 Å². The van der Waals surface area contributed by atoms with Crippen molar-refractivity contribution < 1.29 is 0 Å². The summed E-state index contributed by atoms with van der Waals surface area (Å²) < 4.78 is 1.57. The molecule has 7 nitrogen and oxygen atoms in total. The molecule has 0 bridgehead atoms. The molecule has 0 unspecified atom stereocenters. The van der Waals surface area contributed by atoms with Crippen LogP contribution in [0.4, 0.5) is 0 Å². The maximum absolute atomic E-state index is 7.30.